The van der Waals surface area contributed by atoms with Gasteiger partial charge in [-0.05, 0) is 56.7 Å². The molecule has 1 aliphatic carbocycles. The van der Waals surface area contributed by atoms with Crippen molar-refractivity contribution in [3.05, 3.63) is 28.8 Å². The molecule has 1 aliphatic rings. The quantitative estimate of drug-likeness (QED) is 0.877. The Labute approximate surface area is 116 Å². The maximum atomic E-state index is 9.52. The van der Waals surface area contributed by atoms with Crippen LogP contribution in [0.25, 0.3) is 0 Å². The fourth-order valence-corrected chi connectivity index (χ4v) is 2.89. The minimum absolute atomic E-state index is 0.0892. The van der Waals surface area contributed by atoms with Crippen LogP contribution < -0.4 is 10.1 Å². The second-order valence-corrected chi connectivity index (χ2v) is 5.65. The van der Waals surface area contributed by atoms with E-state index in [1.165, 1.54) is 16.7 Å². The molecule has 0 amide bonds. The van der Waals surface area contributed by atoms with E-state index in [2.05, 4.69) is 31.3 Å². The molecule has 0 bridgehead atoms. The van der Waals surface area contributed by atoms with Gasteiger partial charge in [0, 0.05) is 18.2 Å². The summed E-state index contributed by atoms with van der Waals surface area (Å²) in [5, 5.41) is 13.1. The monoisotopic (exact) mass is 263 g/mol. The second kappa shape index (κ2) is 6.40. The van der Waals surface area contributed by atoms with Gasteiger partial charge in [-0.15, -0.1) is 0 Å². The van der Waals surface area contributed by atoms with Crippen molar-refractivity contribution in [3.8, 4) is 5.75 Å². The number of hydrogen-bond donors (Lipinski definition) is 2. The first kappa shape index (κ1) is 14.4. The highest BCUT2D eigenvalue weighted by Gasteiger charge is 2.19. The largest absolute Gasteiger partial charge is 0.496 e. The predicted octanol–water partition coefficient (Wildman–Crippen LogP) is 2.71. The highest BCUT2D eigenvalue weighted by molar-refractivity contribution is 5.43. The summed E-state index contributed by atoms with van der Waals surface area (Å²) in [6.45, 7) is 5.07. The zero-order valence-corrected chi connectivity index (χ0v) is 12.2. The van der Waals surface area contributed by atoms with E-state index in [4.69, 9.17) is 4.74 Å². The van der Waals surface area contributed by atoms with E-state index in [-0.39, 0.29) is 6.10 Å². The van der Waals surface area contributed by atoms with Gasteiger partial charge in [0.2, 0.25) is 0 Å². The summed E-state index contributed by atoms with van der Waals surface area (Å²) < 4.78 is 5.48. The molecule has 19 heavy (non-hydrogen) atoms. The first-order chi connectivity index (χ1) is 9.10. The van der Waals surface area contributed by atoms with Crippen LogP contribution in [0.4, 0.5) is 0 Å². The molecule has 0 radical (unpaired) electrons. The smallest absolute Gasteiger partial charge is 0.123 e. The Morgan fingerprint density at radius 1 is 1.21 bits per heavy atom. The van der Waals surface area contributed by atoms with E-state index in [0.717, 1.165) is 38.0 Å². The molecular weight excluding hydrogens is 238 g/mol. The van der Waals surface area contributed by atoms with Gasteiger partial charge in [0.25, 0.3) is 0 Å². The molecule has 0 aromatic heterocycles. The lowest BCUT2D eigenvalue weighted by molar-refractivity contribution is 0.116. The molecule has 2 rings (SSSR count). The van der Waals surface area contributed by atoms with Gasteiger partial charge < -0.3 is 15.2 Å². The summed E-state index contributed by atoms with van der Waals surface area (Å²) in [5.74, 6) is 0.973. The Balaban J connectivity index is 1.99. The summed E-state index contributed by atoms with van der Waals surface area (Å²) >= 11 is 0. The van der Waals surface area contributed by atoms with E-state index in [1.54, 1.807) is 7.11 Å². The first-order valence-electron chi connectivity index (χ1n) is 7.15. The van der Waals surface area contributed by atoms with Crippen molar-refractivity contribution >= 4 is 0 Å². The highest BCUT2D eigenvalue weighted by atomic mass is 16.5. The lowest BCUT2D eigenvalue weighted by atomic mass is 9.93. The minimum atomic E-state index is -0.0892. The van der Waals surface area contributed by atoms with Crippen LogP contribution in [-0.4, -0.2) is 24.4 Å². The van der Waals surface area contributed by atoms with Crippen molar-refractivity contribution in [3.63, 3.8) is 0 Å². The summed E-state index contributed by atoms with van der Waals surface area (Å²) in [4.78, 5) is 0. The molecular formula is C16H25NO2. The van der Waals surface area contributed by atoms with Crippen molar-refractivity contribution in [1.82, 2.24) is 5.32 Å². The van der Waals surface area contributed by atoms with Gasteiger partial charge in [-0.25, -0.2) is 0 Å². The maximum Gasteiger partial charge on any atom is 0.123 e. The third-order valence-corrected chi connectivity index (χ3v) is 4.06. The van der Waals surface area contributed by atoms with Crippen LogP contribution in [0.5, 0.6) is 5.75 Å². The summed E-state index contributed by atoms with van der Waals surface area (Å²) in [6.07, 6.45) is 3.88. The number of aliphatic hydroxyl groups excluding tert-OH is 1. The Bertz CT molecular complexity index is 423. The van der Waals surface area contributed by atoms with Crippen LogP contribution in [0.3, 0.4) is 0 Å². The Kier molecular flexibility index (Phi) is 4.83. The predicted molar refractivity (Wildman–Crippen MR) is 77.6 cm³/mol. The van der Waals surface area contributed by atoms with Crippen molar-refractivity contribution < 1.29 is 9.84 Å². The van der Waals surface area contributed by atoms with Crippen LogP contribution >= 0.6 is 0 Å². The topological polar surface area (TPSA) is 41.5 Å². The van der Waals surface area contributed by atoms with Gasteiger partial charge in [0.1, 0.15) is 5.75 Å². The Morgan fingerprint density at radius 2 is 1.89 bits per heavy atom. The van der Waals surface area contributed by atoms with Crippen LogP contribution in [0, 0.1) is 13.8 Å². The first-order valence-corrected chi connectivity index (χ1v) is 7.15. The van der Waals surface area contributed by atoms with E-state index in [1.807, 2.05) is 0 Å². The lowest BCUT2D eigenvalue weighted by Gasteiger charge is -2.27. The van der Waals surface area contributed by atoms with Crippen LogP contribution in [0.2, 0.25) is 0 Å². The average Bonchev–Trinajstić information content (AvgIpc) is 2.39. The standard InChI is InChI=1S/C16H25NO2/c1-11-8-12(2)15(16(9-11)19-3)10-17-13-4-6-14(18)7-5-13/h8-9,13-14,17-18H,4-7,10H2,1-3H3. The number of hydrogen-bond acceptors (Lipinski definition) is 3. The van der Waals surface area contributed by atoms with Crippen molar-refractivity contribution in [2.75, 3.05) is 7.11 Å². The van der Waals surface area contributed by atoms with Gasteiger partial charge in [-0.1, -0.05) is 6.07 Å². The fourth-order valence-electron chi connectivity index (χ4n) is 2.89. The molecule has 1 fully saturated rings. The Hall–Kier alpha value is -1.06. The molecule has 0 unspecified atom stereocenters. The molecule has 0 aliphatic heterocycles. The number of aliphatic hydroxyl groups is 1. The molecule has 0 atom stereocenters. The Morgan fingerprint density at radius 3 is 2.53 bits per heavy atom. The van der Waals surface area contributed by atoms with E-state index in [0.29, 0.717) is 6.04 Å². The molecule has 0 spiro atoms. The number of methoxy groups -OCH3 is 1. The van der Waals surface area contributed by atoms with Gasteiger partial charge in [-0.3, -0.25) is 0 Å². The third-order valence-electron chi connectivity index (χ3n) is 4.06. The van der Waals surface area contributed by atoms with Crippen molar-refractivity contribution in [2.45, 2.75) is 58.2 Å². The summed E-state index contributed by atoms with van der Waals surface area (Å²) in [7, 11) is 1.73. The molecule has 1 saturated carbocycles. The maximum absolute atomic E-state index is 9.52. The van der Waals surface area contributed by atoms with E-state index < -0.39 is 0 Å². The molecule has 0 saturated heterocycles. The number of benzene rings is 1. The summed E-state index contributed by atoms with van der Waals surface area (Å²) in [5.41, 5.74) is 3.76. The highest BCUT2D eigenvalue weighted by Crippen LogP contribution is 2.25. The molecule has 3 heteroatoms. The van der Waals surface area contributed by atoms with Crippen LogP contribution in [0.15, 0.2) is 12.1 Å². The van der Waals surface area contributed by atoms with Gasteiger partial charge in [0.15, 0.2) is 0 Å². The molecule has 2 N–H and O–H groups in total. The normalized spacial score (nSPS) is 23.4. The SMILES string of the molecule is COc1cc(C)cc(C)c1CNC1CCC(O)CC1. The molecule has 106 valence electrons. The fraction of sp³-hybridized carbons (Fsp3) is 0.625. The zero-order chi connectivity index (χ0) is 13.8. The van der Waals surface area contributed by atoms with Gasteiger partial charge in [0.05, 0.1) is 13.2 Å². The van der Waals surface area contributed by atoms with Crippen molar-refractivity contribution in [1.29, 1.82) is 0 Å². The minimum Gasteiger partial charge on any atom is -0.496 e. The molecule has 1 aromatic rings. The van der Waals surface area contributed by atoms with Gasteiger partial charge in [-0.2, -0.15) is 0 Å². The number of rotatable bonds is 4. The number of nitrogens with one attached hydrogen (secondary N) is 1. The molecule has 3 nitrogen and oxygen atoms in total. The van der Waals surface area contributed by atoms with Crippen LogP contribution in [-0.2, 0) is 6.54 Å². The molecule has 1 aromatic carbocycles. The number of ether oxygens (including phenoxy) is 1. The lowest BCUT2D eigenvalue weighted by Crippen LogP contribution is -2.34. The van der Waals surface area contributed by atoms with Crippen LogP contribution in [0.1, 0.15) is 42.4 Å². The second-order valence-electron chi connectivity index (χ2n) is 5.65. The third kappa shape index (κ3) is 3.71. The zero-order valence-electron chi connectivity index (χ0n) is 12.2. The van der Waals surface area contributed by atoms with Gasteiger partial charge >= 0.3 is 0 Å². The summed E-state index contributed by atoms with van der Waals surface area (Å²) in [6, 6.07) is 4.81. The van der Waals surface area contributed by atoms with E-state index in [9.17, 15) is 5.11 Å². The number of aryl methyl sites for hydroxylation is 2. The van der Waals surface area contributed by atoms with E-state index >= 15 is 0 Å². The molecule has 0 heterocycles. The van der Waals surface area contributed by atoms with Crippen molar-refractivity contribution in [2.24, 2.45) is 0 Å². The average molecular weight is 263 g/mol.